The van der Waals surface area contributed by atoms with Gasteiger partial charge in [0, 0.05) is 42.9 Å². The van der Waals surface area contributed by atoms with E-state index in [1.807, 2.05) is 30.7 Å². The maximum Gasteiger partial charge on any atom is 0.246 e. The van der Waals surface area contributed by atoms with Crippen molar-refractivity contribution in [3.05, 3.63) is 42.5 Å². The number of carbonyl (C=O) groups is 1. The van der Waals surface area contributed by atoms with E-state index in [9.17, 15) is 4.79 Å². The fraction of sp³-hybridized carbons (Fsp3) is 0.522. The predicted octanol–water partition coefficient (Wildman–Crippen LogP) is 3.73. The third kappa shape index (κ3) is 4.20. The Bertz CT molecular complexity index is 894. The third-order valence-corrected chi connectivity index (χ3v) is 6.19. The summed E-state index contributed by atoms with van der Waals surface area (Å²) in [4.78, 5) is 17.2. The molecule has 160 valence electrons. The lowest BCUT2D eigenvalue weighted by Gasteiger charge is -2.38. The Morgan fingerprint density at radius 3 is 2.53 bits per heavy atom. The van der Waals surface area contributed by atoms with Gasteiger partial charge in [-0.1, -0.05) is 12.8 Å². The first-order valence-corrected chi connectivity index (χ1v) is 10.8. The standard InChI is InChI=1S/C23H30N4O3/c1-29-20-10-9-17(15-21(20)30-2)22-18-7-3-4-8-19(18)23(28)27(25-22)13-6-5-12-26-14-11-24-16-26/h9-11,14-16,18-19H,3-8,12-13H2,1-2H3/t18-,19+/m0/s1. The molecule has 0 saturated heterocycles. The zero-order valence-corrected chi connectivity index (χ0v) is 17.8. The maximum atomic E-state index is 13.1. The lowest BCUT2D eigenvalue weighted by Crippen LogP contribution is -2.46. The molecule has 4 rings (SSSR count). The summed E-state index contributed by atoms with van der Waals surface area (Å²) in [5.74, 6) is 1.80. The van der Waals surface area contributed by atoms with E-state index in [0.717, 1.165) is 56.3 Å². The quantitative estimate of drug-likeness (QED) is 0.622. The molecule has 1 amide bonds. The highest BCUT2D eigenvalue weighted by Gasteiger charge is 2.41. The highest BCUT2D eigenvalue weighted by molar-refractivity contribution is 6.07. The zero-order chi connectivity index (χ0) is 20.9. The summed E-state index contributed by atoms with van der Waals surface area (Å²) in [5, 5.41) is 6.58. The molecule has 2 atom stereocenters. The van der Waals surface area contributed by atoms with E-state index in [1.165, 1.54) is 0 Å². The van der Waals surface area contributed by atoms with Crippen molar-refractivity contribution in [3.63, 3.8) is 0 Å². The molecule has 7 nitrogen and oxygen atoms in total. The lowest BCUT2D eigenvalue weighted by atomic mass is 9.73. The number of aryl methyl sites for hydroxylation is 1. The number of benzene rings is 1. The highest BCUT2D eigenvalue weighted by atomic mass is 16.5. The molecule has 0 radical (unpaired) electrons. The molecule has 1 fully saturated rings. The molecule has 7 heteroatoms. The van der Waals surface area contributed by atoms with E-state index in [0.29, 0.717) is 18.0 Å². The van der Waals surface area contributed by atoms with E-state index in [-0.39, 0.29) is 17.7 Å². The van der Waals surface area contributed by atoms with E-state index in [4.69, 9.17) is 14.6 Å². The van der Waals surface area contributed by atoms with Crippen molar-refractivity contribution in [2.24, 2.45) is 16.9 Å². The number of hydrazone groups is 1. The van der Waals surface area contributed by atoms with Gasteiger partial charge in [0.15, 0.2) is 11.5 Å². The Labute approximate surface area is 177 Å². The van der Waals surface area contributed by atoms with Crippen LogP contribution in [0.5, 0.6) is 11.5 Å². The molecule has 1 aromatic carbocycles. The number of fused-ring (bicyclic) bond motifs is 1. The summed E-state index contributed by atoms with van der Waals surface area (Å²) >= 11 is 0. The number of hydrogen-bond acceptors (Lipinski definition) is 5. The van der Waals surface area contributed by atoms with Gasteiger partial charge in [0.05, 0.1) is 26.3 Å². The Kier molecular flexibility index (Phi) is 6.35. The second-order valence-electron chi connectivity index (χ2n) is 8.02. The largest absolute Gasteiger partial charge is 0.493 e. The van der Waals surface area contributed by atoms with Gasteiger partial charge in [0.1, 0.15) is 0 Å². The molecule has 2 aromatic rings. The first-order valence-electron chi connectivity index (χ1n) is 10.8. The van der Waals surface area contributed by atoms with Gasteiger partial charge in [0.25, 0.3) is 0 Å². The number of hydrogen-bond donors (Lipinski definition) is 0. The molecule has 1 aliphatic heterocycles. The number of carbonyl (C=O) groups excluding carboxylic acids is 1. The van der Waals surface area contributed by atoms with Crippen LogP contribution < -0.4 is 9.47 Å². The molecule has 0 N–H and O–H groups in total. The lowest BCUT2D eigenvalue weighted by molar-refractivity contribution is -0.139. The van der Waals surface area contributed by atoms with Crippen LogP contribution in [0.4, 0.5) is 0 Å². The molecule has 0 spiro atoms. The molecule has 30 heavy (non-hydrogen) atoms. The van der Waals surface area contributed by atoms with Crippen LogP contribution in [0.15, 0.2) is 42.0 Å². The molecule has 2 heterocycles. The SMILES string of the molecule is COc1ccc(C2=NN(CCCCn3ccnc3)C(=O)[C@@H]3CCCC[C@H]23)cc1OC. The summed E-state index contributed by atoms with van der Waals surface area (Å²) in [6, 6.07) is 5.93. The molecule has 2 aliphatic rings. The minimum absolute atomic E-state index is 0.0352. The van der Waals surface area contributed by atoms with Crippen molar-refractivity contribution in [1.29, 1.82) is 0 Å². The van der Waals surface area contributed by atoms with E-state index in [1.54, 1.807) is 25.4 Å². The summed E-state index contributed by atoms with van der Waals surface area (Å²) in [6.45, 7) is 1.55. The van der Waals surface area contributed by atoms with E-state index < -0.39 is 0 Å². The minimum atomic E-state index is 0.0352. The Hall–Kier alpha value is -2.83. The number of nitrogens with zero attached hydrogens (tertiary/aromatic N) is 4. The van der Waals surface area contributed by atoms with Crippen LogP contribution in [0.1, 0.15) is 44.1 Å². The van der Waals surface area contributed by atoms with E-state index in [2.05, 4.69) is 9.55 Å². The second-order valence-corrected chi connectivity index (χ2v) is 8.02. The number of ether oxygens (including phenoxy) is 2. The van der Waals surface area contributed by atoms with Crippen LogP contribution in [0, 0.1) is 11.8 Å². The molecule has 1 aromatic heterocycles. The fourth-order valence-corrected chi connectivity index (χ4v) is 4.60. The second kappa shape index (κ2) is 9.32. The fourth-order valence-electron chi connectivity index (χ4n) is 4.60. The van der Waals surface area contributed by atoms with Gasteiger partial charge in [-0.2, -0.15) is 5.10 Å². The van der Waals surface area contributed by atoms with Crippen LogP contribution >= 0.6 is 0 Å². The van der Waals surface area contributed by atoms with Gasteiger partial charge >= 0.3 is 0 Å². The number of unbranched alkanes of at least 4 members (excludes halogenated alkanes) is 1. The van der Waals surface area contributed by atoms with Gasteiger partial charge in [-0.3, -0.25) is 4.79 Å². The van der Waals surface area contributed by atoms with Crippen molar-refractivity contribution in [2.45, 2.75) is 45.1 Å². The molecular weight excluding hydrogens is 380 g/mol. The summed E-state index contributed by atoms with van der Waals surface area (Å²) in [6.07, 6.45) is 11.7. The first kappa shape index (κ1) is 20.4. The topological polar surface area (TPSA) is 69.0 Å². The minimum Gasteiger partial charge on any atom is -0.493 e. The van der Waals surface area contributed by atoms with Crippen molar-refractivity contribution in [2.75, 3.05) is 20.8 Å². The molecular formula is C23H30N4O3. The van der Waals surface area contributed by atoms with Crippen molar-refractivity contribution in [1.82, 2.24) is 14.6 Å². The molecule has 0 unspecified atom stereocenters. The normalized spacial score (nSPS) is 21.2. The van der Waals surface area contributed by atoms with Gasteiger partial charge < -0.3 is 14.0 Å². The van der Waals surface area contributed by atoms with E-state index >= 15 is 0 Å². The molecule has 1 aliphatic carbocycles. The van der Waals surface area contributed by atoms with Gasteiger partial charge in [-0.05, 0) is 43.9 Å². The monoisotopic (exact) mass is 410 g/mol. The average molecular weight is 411 g/mol. The van der Waals surface area contributed by atoms with Crippen LogP contribution in [0.25, 0.3) is 0 Å². The highest BCUT2D eigenvalue weighted by Crippen LogP contribution is 2.39. The Balaban J connectivity index is 1.54. The van der Waals surface area contributed by atoms with Crippen molar-refractivity contribution in [3.8, 4) is 11.5 Å². The third-order valence-electron chi connectivity index (χ3n) is 6.19. The summed E-state index contributed by atoms with van der Waals surface area (Å²) < 4.78 is 12.9. The number of amides is 1. The van der Waals surface area contributed by atoms with Gasteiger partial charge in [-0.25, -0.2) is 9.99 Å². The smallest absolute Gasteiger partial charge is 0.246 e. The maximum absolute atomic E-state index is 13.1. The molecule has 1 saturated carbocycles. The van der Waals surface area contributed by atoms with Crippen LogP contribution in [-0.4, -0.2) is 46.9 Å². The number of aromatic nitrogens is 2. The van der Waals surface area contributed by atoms with Gasteiger partial charge in [-0.15, -0.1) is 0 Å². The average Bonchev–Trinajstić information content (AvgIpc) is 3.31. The van der Waals surface area contributed by atoms with Gasteiger partial charge in [0.2, 0.25) is 5.91 Å². The number of imidazole rings is 1. The summed E-state index contributed by atoms with van der Waals surface area (Å²) in [7, 11) is 3.28. The zero-order valence-electron chi connectivity index (χ0n) is 17.8. The van der Waals surface area contributed by atoms with Crippen molar-refractivity contribution >= 4 is 11.6 Å². The predicted molar refractivity (Wildman–Crippen MR) is 115 cm³/mol. The Morgan fingerprint density at radius 1 is 1.03 bits per heavy atom. The summed E-state index contributed by atoms with van der Waals surface area (Å²) in [5.41, 5.74) is 2.02. The van der Waals surface area contributed by atoms with Crippen LogP contribution in [-0.2, 0) is 11.3 Å². The first-order chi connectivity index (χ1) is 14.7. The van der Waals surface area contributed by atoms with Crippen LogP contribution in [0.3, 0.4) is 0 Å². The Morgan fingerprint density at radius 2 is 1.80 bits per heavy atom. The van der Waals surface area contributed by atoms with Crippen LogP contribution in [0.2, 0.25) is 0 Å². The number of methoxy groups -OCH3 is 2. The number of rotatable bonds is 8. The van der Waals surface area contributed by atoms with Crippen molar-refractivity contribution < 1.29 is 14.3 Å². The molecule has 0 bridgehead atoms.